The van der Waals surface area contributed by atoms with Crippen LogP contribution in [0.15, 0.2) is 16.8 Å². The highest BCUT2D eigenvalue weighted by Crippen LogP contribution is 2.19. The molecular formula is C14H19N3O3. The largest absolute Gasteiger partial charge is 0.396 e. The van der Waals surface area contributed by atoms with E-state index in [0.29, 0.717) is 29.9 Å². The zero-order valence-corrected chi connectivity index (χ0v) is 11.9. The molecule has 108 valence electrons. The summed E-state index contributed by atoms with van der Waals surface area (Å²) in [6.45, 7) is 6.40. The Bertz CT molecular complexity index is 619. The van der Waals surface area contributed by atoms with Gasteiger partial charge in [0.1, 0.15) is 0 Å². The number of nitrogens with one attached hydrogen (secondary N) is 1. The number of rotatable bonds is 5. The second-order valence-corrected chi connectivity index (χ2v) is 5.67. The zero-order valence-electron chi connectivity index (χ0n) is 11.9. The molecule has 0 bridgehead atoms. The van der Waals surface area contributed by atoms with Crippen molar-refractivity contribution in [1.82, 2.24) is 15.5 Å². The molecule has 0 spiro atoms. The number of aromatic nitrogens is 2. The molecule has 0 aliphatic carbocycles. The van der Waals surface area contributed by atoms with Crippen LogP contribution in [0.3, 0.4) is 0 Å². The minimum absolute atomic E-state index is 0.107. The van der Waals surface area contributed by atoms with Gasteiger partial charge in [0.15, 0.2) is 0 Å². The van der Waals surface area contributed by atoms with Crippen molar-refractivity contribution >= 4 is 17.0 Å². The SMILES string of the molecule is Cc1noc2ncc(C(=O)NCC(C)(C)CCO)cc12. The number of pyridine rings is 1. The van der Waals surface area contributed by atoms with Crippen LogP contribution >= 0.6 is 0 Å². The molecule has 0 unspecified atom stereocenters. The summed E-state index contributed by atoms with van der Waals surface area (Å²) in [5.74, 6) is -0.189. The lowest BCUT2D eigenvalue weighted by molar-refractivity contribution is 0.0928. The standard InChI is InChI=1S/C14H19N3O3/c1-9-11-6-10(7-15-13(11)20-17-9)12(19)16-8-14(2,3)4-5-18/h6-7,18H,4-5,8H2,1-3H3,(H,16,19). The lowest BCUT2D eigenvalue weighted by Gasteiger charge is -2.23. The summed E-state index contributed by atoms with van der Waals surface area (Å²) in [6.07, 6.45) is 2.11. The van der Waals surface area contributed by atoms with Crippen molar-refractivity contribution in [2.75, 3.05) is 13.2 Å². The average molecular weight is 277 g/mol. The predicted molar refractivity (Wildman–Crippen MR) is 74.4 cm³/mol. The Hall–Kier alpha value is -1.95. The van der Waals surface area contributed by atoms with Gasteiger partial charge in [-0.05, 0) is 24.8 Å². The quantitative estimate of drug-likeness (QED) is 0.868. The Morgan fingerprint density at radius 3 is 2.95 bits per heavy atom. The molecule has 1 amide bonds. The van der Waals surface area contributed by atoms with Gasteiger partial charge in [0, 0.05) is 19.3 Å². The molecule has 6 heteroatoms. The molecule has 2 aromatic rings. The van der Waals surface area contributed by atoms with Gasteiger partial charge in [-0.25, -0.2) is 4.98 Å². The van der Waals surface area contributed by atoms with Gasteiger partial charge in [0.05, 0.1) is 16.6 Å². The first kappa shape index (κ1) is 14.5. The van der Waals surface area contributed by atoms with Gasteiger partial charge in [-0.2, -0.15) is 0 Å². The van der Waals surface area contributed by atoms with Crippen molar-refractivity contribution in [2.45, 2.75) is 27.2 Å². The number of aryl methyl sites for hydroxylation is 1. The molecule has 20 heavy (non-hydrogen) atoms. The molecule has 2 aromatic heterocycles. The van der Waals surface area contributed by atoms with Crippen molar-refractivity contribution in [3.05, 3.63) is 23.5 Å². The molecule has 0 atom stereocenters. The molecule has 0 saturated carbocycles. The van der Waals surface area contributed by atoms with Crippen LogP contribution in [-0.2, 0) is 0 Å². The van der Waals surface area contributed by atoms with Gasteiger partial charge >= 0.3 is 0 Å². The molecule has 0 aliphatic heterocycles. The first-order valence-electron chi connectivity index (χ1n) is 6.54. The van der Waals surface area contributed by atoms with Crippen LogP contribution in [0.1, 0.15) is 36.3 Å². The molecular weight excluding hydrogens is 258 g/mol. The molecule has 0 fully saturated rings. The number of aliphatic hydroxyl groups excluding tert-OH is 1. The normalized spacial score (nSPS) is 11.8. The third-order valence-corrected chi connectivity index (χ3v) is 3.29. The molecule has 0 aliphatic rings. The van der Waals surface area contributed by atoms with Gasteiger partial charge in [0.2, 0.25) is 0 Å². The zero-order chi connectivity index (χ0) is 14.8. The fourth-order valence-corrected chi connectivity index (χ4v) is 1.88. The van der Waals surface area contributed by atoms with Gasteiger partial charge < -0.3 is 14.9 Å². The summed E-state index contributed by atoms with van der Waals surface area (Å²) >= 11 is 0. The number of amides is 1. The van der Waals surface area contributed by atoms with Crippen LogP contribution in [0.5, 0.6) is 0 Å². The van der Waals surface area contributed by atoms with Crippen molar-refractivity contribution < 1.29 is 14.4 Å². The minimum atomic E-state index is -0.189. The number of aliphatic hydroxyl groups is 1. The van der Waals surface area contributed by atoms with E-state index in [1.54, 1.807) is 13.0 Å². The number of nitrogens with zero attached hydrogens (tertiary/aromatic N) is 2. The Morgan fingerprint density at radius 1 is 1.50 bits per heavy atom. The van der Waals surface area contributed by atoms with Crippen molar-refractivity contribution in [2.24, 2.45) is 5.41 Å². The van der Waals surface area contributed by atoms with Crippen LogP contribution in [0, 0.1) is 12.3 Å². The second-order valence-electron chi connectivity index (χ2n) is 5.67. The van der Waals surface area contributed by atoms with E-state index in [-0.39, 0.29) is 17.9 Å². The van der Waals surface area contributed by atoms with E-state index in [2.05, 4.69) is 15.5 Å². The lowest BCUT2D eigenvalue weighted by Crippen LogP contribution is -2.34. The molecule has 2 rings (SSSR count). The third-order valence-electron chi connectivity index (χ3n) is 3.29. The van der Waals surface area contributed by atoms with Crippen LogP contribution < -0.4 is 5.32 Å². The van der Waals surface area contributed by atoms with Crippen LogP contribution in [0.2, 0.25) is 0 Å². The Labute approximate surface area is 117 Å². The second kappa shape index (κ2) is 5.58. The van der Waals surface area contributed by atoms with Gasteiger partial charge in [-0.15, -0.1) is 0 Å². The highest BCUT2D eigenvalue weighted by atomic mass is 16.5. The average Bonchev–Trinajstić information content (AvgIpc) is 2.77. The van der Waals surface area contributed by atoms with Crippen molar-refractivity contribution in [3.8, 4) is 0 Å². The molecule has 0 aromatic carbocycles. The molecule has 0 radical (unpaired) electrons. The highest BCUT2D eigenvalue weighted by Gasteiger charge is 2.19. The minimum Gasteiger partial charge on any atom is -0.396 e. The number of carbonyl (C=O) groups excluding carboxylic acids is 1. The van der Waals surface area contributed by atoms with E-state index < -0.39 is 0 Å². The highest BCUT2D eigenvalue weighted by molar-refractivity contribution is 5.96. The fourth-order valence-electron chi connectivity index (χ4n) is 1.88. The number of fused-ring (bicyclic) bond motifs is 1. The summed E-state index contributed by atoms with van der Waals surface area (Å²) in [6, 6.07) is 1.72. The van der Waals surface area contributed by atoms with E-state index >= 15 is 0 Å². The van der Waals surface area contributed by atoms with Crippen LogP contribution in [0.25, 0.3) is 11.1 Å². The first-order chi connectivity index (χ1) is 9.43. The summed E-state index contributed by atoms with van der Waals surface area (Å²) in [7, 11) is 0. The fraction of sp³-hybridized carbons (Fsp3) is 0.500. The lowest BCUT2D eigenvalue weighted by atomic mass is 9.89. The van der Waals surface area contributed by atoms with E-state index in [4.69, 9.17) is 9.63 Å². The Kier molecular flexibility index (Phi) is 4.04. The summed E-state index contributed by atoms with van der Waals surface area (Å²) in [5, 5.41) is 16.4. The van der Waals surface area contributed by atoms with Crippen LogP contribution in [-0.4, -0.2) is 34.3 Å². The molecule has 2 N–H and O–H groups in total. The topological polar surface area (TPSA) is 88.2 Å². The predicted octanol–water partition coefficient (Wildman–Crippen LogP) is 1.67. The maximum atomic E-state index is 12.1. The maximum Gasteiger partial charge on any atom is 0.257 e. The van der Waals surface area contributed by atoms with Crippen molar-refractivity contribution in [3.63, 3.8) is 0 Å². The molecule has 6 nitrogen and oxygen atoms in total. The van der Waals surface area contributed by atoms with E-state index in [9.17, 15) is 4.79 Å². The first-order valence-corrected chi connectivity index (χ1v) is 6.54. The maximum absolute atomic E-state index is 12.1. The Balaban J connectivity index is 2.09. The summed E-state index contributed by atoms with van der Waals surface area (Å²) < 4.78 is 5.01. The molecule has 2 heterocycles. The Morgan fingerprint density at radius 2 is 2.25 bits per heavy atom. The monoisotopic (exact) mass is 277 g/mol. The van der Waals surface area contributed by atoms with E-state index in [1.807, 2.05) is 13.8 Å². The van der Waals surface area contributed by atoms with E-state index in [1.165, 1.54) is 6.20 Å². The summed E-state index contributed by atoms with van der Waals surface area (Å²) in [4.78, 5) is 16.2. The number of hydrogen-bond donors (Lipinski definition) is 2. The van der Waals surface area contributed by atoms with Gasteiger partial charge in [-0.3, -0.25) is 4.79 Å². The van der Waals surface area contributed by atoms with Crippen LogP contribution in [0.4, 0.5) is 0 Å². The number of hydrogen-bond acceptors (Lipinski definition) is 5. The summed E-state index contributed by atoms with van der Waals surface area (Å²) in [5.41, 5.74) is 1.47. The molecule has 0 saturated heterocycles. The smallest absolute Gasteiger partial charge is 0.257 e. The van der Waals surface area contributed by atoms with E-state index in [0.717, 1.165) is 5.39 Å². The third kappa shape index (κ3) is 3.14. The van der Waals surface area contributed by atoms with Gasteiger partial charge in [0.25, 0.3) is 11.6 Å². The number of carbonyl (C=O) groups is 1. The van der Waals surface area contributed by atoms with Crippen molar-refractivity contribution in [1.29, 1.82) is 0 Å². The van der Waals surface area contributed by atoms with Gasteiger partial charge in [-0.1, -0.05) is 19.0 Å².